The number of carbonyl (C=O) groups is 1. The van der Waals surface area contributed by atoms with Gasteiger partial charge in [0.05, 0.1) is 14.2 Å². The summed E-state index contributed by atoms with van der Waals surface area (Å²) in [6.07, 6.45) is 0.471. The van der Waals surface area contributed by atoms with E-state index in [-0.39, 0.29) is 11.7 Å². The number of hydrogen-bond acceptors (Lipinski definition) is 4. The SMILES string of the molecule is COc1ccc(CNC(=O)C2Cc3cc(F)ccc3N2)c(OC)c1. The summed E-state index contributed by atoms with van der Waals surface area (Å²) in [6, 6.07) is 9.54. The van der Waals surface area contributed by atoms with Gasteiger partial charge < -0.3 is 20.1 Å². The molecule has 0 bridgehead atoms. The predicted molar refractivity (Wildman–Crippen MR) is 88.9 cm³/mol. The van der Waals surface area contributed by atoms with Crippen LogP contribution in [0, 0.1) is 5.82 Å². The minimum atomic E-state index is -0.397. The van der Waals surface area contributed by atoms with Crippen LogP contribution in [0.2, 0.25) is 0 Å². The third-order valence-electron chi connectivity index (χ3n) is 4.08. The molecule has 1 amide bonds. The number of ether oxygens (including phenoxy) is 2. The molecule has 0 aromatic heterocycles. The minimum absolute atomic E-state index is 0.135. The molecule has 6 heteroatoms. The Morgan fingerprint density at radius 3 is 2.83 bits per heavy atom. The molecule has 0 fully saturated rings. The summed E-state index contributed by atoms with van der Waals surface area (Å²) in [5.74, 6) is 0.917. The van der Waals surface area contributed by atoms with Crippen molar-refractivity contribution in [2.24, 2.45) is 0 Å². The smallest absolute Gasteiger partial charge is 0.243 e. The fraction of sp³-hybridized carbons (Fsp3) is 0.278. The fourth-order valence-electron chi connectivity index (χ4n) is 2.79. The Morgan fingerprint density at radius 2 is 2.08 bits per heavy atom. The van der Waals surface area contributed by atoms with Gasteiger partial charge in [0.2, 0.25) is 5.91 Å². The highest BCUT2D eigenvalue weighted by molar-refractivity contribution is 5.87. The zero-order valence-electron chi connectivity index (χ0n) is 13.6. The molecule has 1 unspecified atom stereocenters. The molecule has 2 aromatic rings. The summed E-state index contributed by atoms with van der Waals surface area (Å²) in [7, 11) is 3.16. The second-order valence-electron chi connectivity index (χ2n) is 5.60. The van der Waals surface area contributed by atoms with Gasteiger partial charge in [0.1, 0.15) is 23.4 Å². The van der Waals surface area contributed by atoms with Crippen molar-refractivity contribution in [1.82, 2.24) is 5.32 Å². The van der Waals surface area contributed by atoms with E-state index in [9.17, 15) is 9.18 Å². The first-order valence-electron chi connectivity index (χ1n) is 7.64. The lowest BCUT2D eigenvalue weighted by Gasteiger charge is -2.14. The first-order chi connectivity index (χ1) is 11.6. The van der Waals surface area contributed by atoms with Crippen molar-refractivity contribution < 1.29 is 18.7 Å². The van der Waals surface area contributed by atoms with Gasteiger partial charge in [-0.1, -0.05) is 0 Å². The van der Waals surface area contributed by atoms with Gasteiger partial charge in [-0.15, -0.1) is 0 Å². The molecule has 126 valence electrons. The normalized spacial score (nSPS) is 15.4. The maximum atomic E-state index is 13.3. The number of amides is 1. The monoisotopic (exact) mass is 330 g/mol. The Morgan fingerprint density at radius 1 is 1.25 bits per heavy atom. The molecule has 1 atom stereocenters. The summed E-state index contributed by atoms with van der Waals surface area (Å²) in [5, 5.41) is 6.00. The first kappa shape index (κ1) is 16.1. The standard InChI is InChI=1S/C18H19FN2O3/c1-23-14-5-3-11(17(9-14)24-2)10-20-18(22)16-8-12-7-13(19)4-6-15(12)21-16/h3-7,9,16,21H,8,10H2,1-2H3,(H,20,22). The molecule has 0 radical (unpaired) electrons. The highest BCUT2D eigenvalue weighted by atomic mass is 19.1. The Balaban J connectivity index is 1.63. The van der Waals surface area contributed by atoms with Crippen molar-refractivity contribution in [2.45, 2.75) is 19.0 Å². The van der Waals surface area contributed by atoms with Crippen molar-refractivity contribution in [3.63, 3.8) is 0 Å². The Kier molecular flexibility index (Phi) is 4.55. The molecular formula is C18H19FN2O3. The third-order valence-corrected chi connectivity index (χ3v) is 4.08. The quantitative estimate of drug-likeness (QED) is 0.884. The largest absolute Gasteiger partial charge is 0.497 e. The van der Waals surface area contributed by atoms with Gasteiger partial charge in [-0.05, 0) is 35.9 Å². The van der Waals surface area contributed by atoms with E-state index in [0.29, 0.717) is 24.5 Å². The summed E-state index contributed by atoms with van der Waals surface area (Å²) < 4.78 is 23.7. The summed E-state index contributed by atoms with van der Waals surface area (Å²) in [6.45, 7) is 0.342. The van der Waals surface area contributed by atoms with E-state index in [1.165, 1.54) is 12.1 Å². The van der Waals surface area contributed by atoms with Crippen LogP contribution < -0.4 is 20.1 Å². The molecule has 5 nitrogen and oxygen atoms in total. The highest BCUT2D eigenvalue weighted by Gasteiger charge is 2.26. The van der Waals surface area contributed by atoms with Gasteiger partial charge in [0.25, 0.3) is 0 Å². The molecule has 0 aliphatic carbocycles. The van der Waals surface area contributed by atoms with Crippen LogP contribution in [0.25, 0.3) is 0 Å². The van der Waals surface area contributed by atoms with Crippen molar-refractivity contribution in [3.8, 4) is 11.5 Å². The maximum absolute atomic E-state index is 13.3. The lowest BCUT2D eigenvalue weighted by molar-refractivity contribution is -0.121. The number of carbonyl (C=O) groups excluding carboxylic acids is 1. The molecule has 24 heavy (non-hydrogen) atoms. The fourth-order valence-corrected chi connectivity index (χ4v) is 2.79. The molecule has 2 aromatic carbocycles. The number of hydrogen-bond donors (Lipinski definition) is 2. The number of nitrogens with one attached hydrogen (secondary N) is 2. The van der Waals surface area contributed by atoms with Gasteiger partial charge in [0.15, 0.2) is 0 Å². The molecule has 1 heterocycles. The van der Waals surface area contributed by atoms with Crippen molar-refractivity contribution in [3.05, 3.63) is 53.3 Å². The van der Waals surface area contributed by atoms with Crippen molar-refractivity contribution in [1.29, 1.82) is 0 Å². The second-order valence-corrected chi connectivity index (χ2v) is 5.60. The molecule has 2 N–H and O–H groups in total. The zero-order chi connectivity index (χ0) is 17.1. The number of rotatable bonds is 5. The average Bonchev–Trinajstić information content (AvgIpc) is 3.02. The summed E-state index contributed by atoms with van der Waals surface area (Å²) >= 11 is 0. The van der Waals surface area contributed by atoms with Crippen LogP contribution in [0.4, 0.5) is 10.1 Å². The molecule has 0 saturated heterocycles. The van der Waals surface area contributed by atoms with E-state index in [4.69, 9.17) is 9.47 Å². The molecule has 0 spiro atoms. The van der Waals surface area contributed by atoms with Gasteiger partial charge >= 0.3 is 0 Å². The Bertz CT molecular complexity index is 764. The first-order valence-corrected chi connectivity index (χ1v) is 7.64. The van der Waals surface area contributed by atoms with E-state index in [1.54, 1.807) is 26.4 Å². The van der Waals surface area contributed by atoms with Crippen molar-refractivity contribution in [2.75, 3.05) is 19.5 Å². The van der Waals surface area contributed by atoms with E-state index >= 15 is 0 Å². The van der Waals surface area contributed by atoms with Gasteiger partial charge in [0, 0.05) is 30.3 Å². The molecule has 1 aliphatic rings. The number of methoxy groups -OCH3 is 2. The van der Waals surface area contributed by atoms with Crippen LogP contribution in [0.1, 0.15) is 11.1 Å². The molecule has 1 aliphatic heterocycles. The van der Waals surface area contributed by atoms with Crippen LogP contribution in [0.15, 0.2) is 36.4 Å². The van der Waals surface area contributed by atoms with Crippen LogP contribution in [-0.2, 0) is 17.8 Å². The van der Waals surface area contributed by atoms with Gasteiger partial charge in [-0.3, -0.25) is 4.79 Å². The predicted octanol–water partition coefficient (Wildman–Crippen LogP) is 2.50. The van der Waals surface area contributed by atoms with Gasteiger partial charge in [-0.25, -0.2) is 4.39 Å². The third kappa shape index (κ3) is 3.27. The van der Waals surface area contributed by atoms with E-state index in [2.05, 4.69) is 10.6 Å². The number of halogens is 1. The lowest BCUT2D eigenvalue weighted by atomic mass is 10.1. The second kappa shape index (κ2) is 6.78. The van der Waals surface area contributed by atoms with Gasteiger partial charge in [-0.2, -0.15) is 0 Å². The summed E-state index contributed by atoms with van der Waals surface area (Å²) in [5.41, 5.74) is 2.48. The van der Waals surface area contributed by atoms with Crippen LogP contribution >= 0.6 is 0 Å². The van der Waals surface area contributed by atoms with Crippen LogP contribution in [0.3, 0.4) is 0 Å². The highest BCUT2D eigenvalue weighted by Crippen LogP contribution is 2.27. The molecular weight excluding hydrogens is 311 g/mol. The molecule has 0 saturated carbocycles. The lowest BCUT2D eigenvalue weighted by Crippen LogP contribution is -2.38. The number of benzene rings is 2. The summed E-state index contributed by atoms with van der Waals surface area (Å²) in [4.78, 5) is 12.4. The minimum Gasteiger partial charge on any atom is -0.497 e. The topological polar surface area (TPSA) is 59.6 Å². The molecule has 3 rings (SSSR count). The van der Waals surface area contributed by atoms with Crippen LogP contribution in [0.5, 0.6) is 11.5 Å². The average molecular weight is 330 g/mol. The van der Waals surface area contributed by atoms with Crippen molar-refractivity contribution >= 4 is 11.6 Å². The van der Waals surface area contributed by atoms with E-state index in [1.807, 2.05) is 12.1 Å². The van der Waals surface area contributed by atoms with E-state index in [0.717, 1.165) is 16.8 Å². The van der Waals surface area contributed by atoms with E-state index < -0.39 is 6.04 Å². The van der Waals surface area contributed by atoms with Crippen LogP contribution in [-0.4, -0.2) is 26.2 Å². The number of fused-ring (bicyclic) bond motifs is 1. The zero-order valence-corrected chi connectivity index (χ0v) is 13.6. The Hall–Kier alpha value is -2.76. The Labute approximate surface area is 139 Å². The number of anilines is 1. The maximum Gasteiger partial charge on any atom is 0.243 e.